The zero-order valence-electron chi connectivity index (χ0n) is 18.1. The topological polar surface area (TPSA) is 102 Å². The molecule has 0 aliphatic carbocycles. The normalized spacial score (nSPS) is 11.3. The summed E-state index contributed by atoms with van der Waals surface area (Å²) in [5.41, 5.74) is 3.62. The SMILES string of the molecule is Cc1ccc(-c2cnc3ccc(C(=O)c4c(Cl)ccc(CCCN[SH](=O)=O)c4F)cc3n2)cn1. The van der Waals surface area contributed by atoms with Crippen LogP contribution in [-0.2, 0) is 17.3 Å². The van der Waals surface area contributed by atoms with Crippen LogP contribution in [0.25, 0.3) is 22.3 Å². The largest absolute Gasteiger partial charge is 0.288 e. The van der Waals surface area contributed by atoms with Gasteiger partial charge < -0.3 is 0 Å². The van der Waals surface area contributed by atoms with E-state index in [0.29, 0.717) is 23.1 Å². The van der Waals surface area contributed by atoms with Crippen LogP contribution < -0.4 is 4.72 Å². The van der Waals surface area contributed by atoms with E-state index < -0.39 is 22.5 Å². The summed E-state index contributed by atoms with van der Waals surface area (Å²) in [6.45, 7) is 2.06. The second-order valence-electron chi connectivity index (χ2n) is 7.64. The van der Waals surface area contributed by atoms with Crippen LogP contribution in [0.4, 0.5) is 4.39 Å². The molecule has 174 valence electrons. The predicted octanol–water partition coefficient (Wildman–Crippen LogP) is 4.07. The first-order chi connectivity index (χ1) is 16.3. The molecule has 2 aromatic heterocycles. The Morgan fingerprint density at radius 2 is 1.88 bits per heavy atom. The number of nitrogens with zero attached hydrogens (tertiary/aromatic N) is 3. The number of hydrogen-bond acceptors (Lipinski definition) is 6. The lowest BCUT2D eigenvalue weighted by Crippen LogP contribution is -2.14. The second kappa shape index (κ2) is 10.3. The van der Waals surface area contributed by atoms with Gasteiger partial charge in [0.1, 0.15) is 5.82 Å². The van der Waals surface area contributed by atoms with E-state index in [2.05, 4.69) is 19.7 Å². The van der Waals surface area contributed by atoms with E-state index in [1.165, 1.54) is 12.1 Å². The third-order valence-electron chi connectivity index (χ3n) is 5.27. The number of fused-ring (bicyclic) bond motifs is 1. The molecule has 0 saturated carbocycles. The van der Waals surface area contributed by atoms with Crippen LogP contribution >= 0.6 is 11.6 Å². The minimum Gasteiger partial charge on any atom is -0.288 e. The molecule has 0 atom stereocenters. The summed E-state index contributed by atoms with van der Waals surface area (Å²) in [6.07, 6.45) is 3.95. The zero-order chi connectivity index (χ0) is 24.2. The Hall–Kier alpha value is -3.27. The standard InChI is InChI=1S/C24H20ClFN4O3S/c1-14-4-5-17(12-27-14)21-13-28-19-9-7-16(11-20(19)30-21)24(31)22-18(25)8-6-15(23(22)26)3-2-10-29-34(32)33/h4-9,11-13,34H,2-3,10H2,1H3,(H,29,32,33). The summed E-state index contributed by atoms with van der Waals surface area (Å²) in [5, 5.41) is -0.00215. The van der Waals surface area contributed by atoms with Crippen molar-refractivity contribution in [2.24, 2.45) is 0 Å². The van der Waals surface area contributed by atoms with E-state index in [9.17, 15) is 13.2 Å². The van der Waals surface area contributed by atoms with Gasteiger partial charge in [0.05, 0.1) is 33.5 Å². The summed E-state index contributed by atoms with van der Waals surface area (Å²) < 4.78 is 38.7. The van der Waals surface area contributed by atoms with Gasteiger partial charge in [-0.1, -0.05) is 17.7 Å². The highest BCUT2D eigenvalue weighted by Crippen LogP contribution is 2.27. The summed E-state index contributed by atoms with van der Waals surface area (Å²) in [5.74, 6) is -1.29. The van der Waals surface area contributed by atoms with Crippen molar-refractivity contribution in [3.05, 3.63) is 88.1 Å². The second-order valence-corrected chi connectivity index (χ2v) is 8.88. The molecule has 0 radical (unpaired) electrons. The first-order valence-corrected chi connectivity index (χ1v) is 12.0. The van der Waals surface area contributed by atoms with E-state index in [4.69, 9.17) is 11.6 Å². The number of nitrogens with one attached hydrogen (secondary N) is 1. The van der Waals surface area contributed by atoms with Crippen molar-refractivity contribution in [2.45, 2.75) is 19.8 Å². The van der Waals surface area contributed by atoms with Crippen molar-refractivity contribution in [1.82, 2.24) is 19.7 Å². The van der Waals surface area contributed by atoms with Crippen molar-refractivity contribution in [2.75, 3.05) is 6.54 Å². The molecule has 0 spiro atoms. The molecule has 4 aromatic rings. The summed E-state index contributed by atoms with van der Waals surface area (Å²) in [6, 6.07) is 11.5. The number of thiol groups is 1. The Kier molecular flexibility index (Phi) is 7.26. The average molecular weight is 499 g/mol. The smallest absolute Gasteiger partial charge is 0.201 e. The highest BCUT2D eigenvalue weighted by atomic mass is 35.5. The average Bonchev–Trinajstić information content (AvgIpc) is 2.82. The number of ketones is 1. The van der Waals surface area contributed by atoms with Gasteiger partial charge in [-0.25, -0.2) is 22.5 Å². The molecule has 0 saturated heterocycles. The van der Waals surface area contributed by atoms with Crippen LogP contribution in [0.15, 0.2) is 54.9 Å². The predicted molar refractivity (Wildman–Crippen MR) is 129 cm³/mol. The van der Waals surface area contributed by atoms with E-state index in [1.807, 2.05) is 19.1 Å². The monoisotopic (exact) mass is 498 g/mol. The number of aromatic nitrogens is 3. The lowest BCUT2D eigenvalue weighted by molar-refractivity contribution is 0.103. The fraction of sp³-hybridized carbons (Fsp3) is 0.167. The molecular weight excluding hydrogens is 479 g/mol. The van der Waals surface area contributed by atoms with Crippen molar-refractivity contribution in [3.8, 4) is 11.3 Å². The van der Waals surface area contributed by atoms with Crippen molar-refractivity contribution in [1.29, 1.82) is 0 Å². The zero-order valence-corrected chi connectivity index (χ0v) is 19.7. The lowest BCUT2D eigenvalue weighted by Gasteiger charge is -2.11. The number of hydrogen-bond donors (Lipinski definition) is 2. The molecule has 4 rings (SSSR count). The fourth-order valence-corrected chi connectivity index (χ4v) is 4.07. The van der Waals surface area contributed by atoms with Crippen LogP contribution in [0.5, 0.6) is 0 Å². The van der Waals surface area contributed by atoms with Gasteiger partial charge in [-0.15, -0.1) is 0 Å². The molecule has 0 fully saturated rings. The molecule has 7 nitrogen and oxygen atoms in total. The maximum absolute atomic E-state index is 15.2. The third-order valence-corrected chi connectivity index (χ3v) is 6.07. The van der Waals surface area contributed by atoms with Gasteiger partial charge in [0.25, 0.3) is 0 Å². The van der Waals surface area contributed by atoms with Gasteiger partial charge in [-0.3, -0.25) is 14.8 Å². The molecule has 2 aromatic carbocycles. The van der Waals surface area contributed by atoms with E-state index in [1.54, 1.807) is 30.6 Å². The van der Waals surface area contributed by atoms with Gasteiger partial charge in [0, 0.05) is 29.6 Å². The minimum absolute atomic E-state index is 0.00215. The number of aryl methyl sites for hydroxylation is 2. The van der Waals surface area contributed by atoms with Crippen LogP contribution in [-0.4, -0.2) is 35.7 Å². The minimum atomic E-state index is -2.71. The van der Waals surface area contributed by atoms with Gasteiger partial charge in [0.2, 0.25) is 10.9 Å². The Morgan fingerprint density at radius 3 is 2.62 bits per heavy atom. The highest BCUT2D eigenvalue weighted by Gasteiger charge is 2.21. The summed E-state index contributed by atoms with van der Waals surface area (Å²) >= 11 is 6.20. The maximum atomic E-state index is 15.2. The fourth-order valence-electron chi connectivity index (χ4n) is 3.50. The van der Waals surface area contributed by atoms with E-state index in [0.717, 1.165) is 11.3 Å². The number of carbonyl (C=O) groups is 1. The van der Waals surface area contributed by atoms with Gasteiger partial charge in [-0.2, -0.15) is 0 Å². The maximum Gasteiger partial charge on any atom is 0.201 e. The van der Waals surface area contributed by atoms with Gasteiger partial charge in [0.15, 0.2) is 5.78 Å². The van der Waals surface area contributed by atoms with Gasteiger partial charge in [-0.05, 0) is 61.7 Å². The number of benzene rings is 2. The first-order valence-electron chi connectivity index (χ1n) is 10.4. The van der Waals surface area contributed by atoms with Crippen molar-refractivity contribution < 1.29 is 17.6 Å². The summed E-state index contributed by atoms with van der Waals surface area (Å²) in [7, 11) is -2.71. The Labute approximate surface area is 202 Å². The van der Waals surface area contributed by atoms with Gasteiger partial charge >= 0.3 is 0 Å². The molecular formula is C24H20ClFN4O3S. The molecule has 0 amide bonds. The third kappa shape index (κ3) is 5.27. The van der Waals surface area contributed by atoms with Crippen molar-refractivity contribution >= 4 is 39.3 Å². The van der Waals surface area contributed by atoms with E-state index >= 15 is 4.39 Å². The molecule has 0 aliphatic heterocycles. The summed E-state index contributed by atoms with van der Waals surface area (Å²) in [4.78, 5) is 26.5. The van der Waals surface area contributed by atoms with Crippen LogP contribution in [0.2, 0.25) is 5.02 Å². The molecule has 2 heterocycles. The number of pyridine rings is 1. The quantitative estimate of drug-likeness (QED) is 0.216. The lowest BCUT2D eigenvalue weighted by atomic mass is 9.98. The van der Waals surface area contributed by atoms with Crippen molar-refractivity contribution in [3.63, 3.8) is 0 Å². The molecule has 10 heteroatoms. The Bertz CT molecular complexity index is 1450. The molecule has 34 heavy (non-hydrogen) atoms. The highest BCUT2D eigenvalue weighted by molar-refractivity contribution is 7.70. The van der Waals surface area contributed by atoms with Crippen LogP contribution in [0, 0.1) is 12.7 Å². The van der Waals surface area contributed by atoms with Crippen LogP contribution in [0.3, 0.4) is 0 Å². The van der Waals surface area contributed by atoms with E-state index in [-0.39, 0.29) is 34.7 Å². The molecule has 0 bridgehead atoms. The number of rotatable bonds is 8. The molecule has 0 unspecified atom stereocenters. The Morgan fingerprint density at radius 1 is 1.06 bits per heavy atom. The number of halogens is 2. The first kappa shape index (κ1) is 23.9. The molecule has 1 N–H and O–H groups in total. The van der Waals surface area contributed by atoms with Crippen LogP contribution in [0.1, 0.15) is 33.6 Å². The molecule has 0 aliphatic rings. The number of carbonyl (C=O) groups excluding carboxylic acids is 1. The Balaban J connectivity index is 1.65.